The lowest BCUT2D eigenvalue weighted by Crippen LogP contribution is -2.25. The number of carbonyl (C=O) groups is 2. The zero-order chi connectivity index (χ0) is 20.8. The van der Waals surface area contributed by atoms with Crippen LogP contribution in [0.25, 0.3) is 0 Å². The molecule has 0 radical (unpaired) electrons. The van der Waals surface area contributed by atoms with Gasteiger partial charge in [-0.1, -0.05) is 24.3 Å². The Morgan fingerprint density at radius 1 is 1.00 bits per heavy atom. The predicted molar refractivity (Wildman–Crippen MR) is 108 cm³/mol. The molecule has 29 heavy (non-hydrogen) atoms. The monoisotopic (exact) mass is 393 g/mol. The largest absolute Gasteiger partial charge is 0.347 e. The van der Waals surface area contributed by atoms with E-state index in [0.717, 1.165) is 0 Å². The van der Waals surface area contributed by atoms with Crippen molar-refractivity contribution in [3.05, 3.63) is 77.4 Å². The minimum absolute atomic E-state index is 0.0517. The molecule has 7 nitrogen and oxygen atoms in total. The molecule has 2 amide bonds. The van der Waals surface area contributed by atoms with Crippen LogP contribution in [0.1, 0.15) is 28.7 Å². The SMILES string of the molecule is CC(=O)Nc1cccc(Nc2nc(C)cc(C(=O)NCc3ccccc3F)n2)c1. The molecule has 0 aliphatic heterocycles. The minimum atomic E-state index is -0.436. The quantitative estimate of drug-likeness (QED) is 0.595. The van der Waals surface area contributed by atoms with Gasteiger partial charge in [0.1, 0.15) is 11.5 Å². The Labute approximate surface area is 167 Å². The molecule has 0 aliphatic carbocycles. The first kappa shape index (κ1) is 19.9. The van der Waals surface area contributed by atoms with E-state index in [1.807, 2.05) is 0 Å². The number of hydrogen-bond acceptors (Lipinski definition) is 5. The summed E-state index contributed by atoms with van der Waals surface area (Å²) < 4.78 is 13.7. The van der Waals surface area contributed by atoms with E-state index < -0.39 is 5.91 Å². The summed E-state index contributed by atoms with van der Waals surface area (Å²) in [6, 6.07) is 14.8. The van der Waals surface area contributed by atoms with Gasteiger partial charge in [-0.3, -0.25) is 9.59 Å². The van der Waals surface area contributed by atoms with Crippen LogP contribution in [0.3, 0.4) is 0 Å². The molecule has 0 aliphatic rings. The van der Waals surface area contributed by atoms with Gasteiger partial charge in [-0.2, -0.15) is 0 Å². The molecule has 0 fully saturated rings. The second kappa shape index (κ2) is 8.92. The van der Waals surface area contributed by atoms with Crippen LogP contribution in [-0.2, 0) is 11.3 Å². The van der Waals surface area contributed by atoms with Crippen LogP contribution in [0.15, 0.2) is 54.6 Å². The van der Waals surface area contributed by atoms with Crippen molar-refractivity contribution in [3.63, 3.8) is 0 Å². The van der Waals surface area contributed by atoms with Gasteiger partial charge >= 0.3 is 0 Å². The van der Waals surface area contributed by atoms with Crippen LogP contribution >= 0.6 is 0 Å². The van der Waals surface area contributed by atoms with Gasteiger partial charge in [-0.15, -0.1) is 0 Å². The maximum Gasteiger partial charge on any atom is 0.270 e. The molecular formula is C21H20FN5O2. The predicted octanol–water partition coefficient (Wildman–Crippen LogP) is 3.56. The number of halogens is 1. The molecule has 3 aromatic rings. The second-order valence-electron chi connectivity index (χ2n) is 6.38. The van der Waals surface area contributed by atoms with Crippen LogP contribution in [0.4, 0.5) is 21.7 Å². The van der Waals surface area contributed by atoms with Crippen molar-refractivity contribution in [1.29, 1.82) is 0 Å². The summed E-state index contributed by atoms with van der Waals surface area (Å²) in [5, 5.41) is 8.38. The highest BCUT2D eigenvalue weighted by Gasteiger charge is 2.12. The van der Waals surface area contributed by atoms with Crippen molar-refractivity contribution >= 4 is 29.1 Å². The second-order valence-corrected chi connectivity index (χ2v) is 6.38. The maximum atomic E-state index is 13.7. The van der Waals surface area contributed by atoms with E-state index in [1.165, 1.54) is 13.0 Å². The Morgan fingerprint density at radius 2 is 1.76 bits per heavy atom. The average molecular weight is 393 g/mol. The summed E-state index contributed by atoms with van der Waals surface area (Å²) in [7, 11) is 0. The molecule has 1 heterocycles. The number of anilines is 3. The molecule has 1 aromatic heterocycles. The van der Waals surface area contributed by atoms with Crippen LogP contribution in [-0.4, -0.2) is 21.8 Å². The standard InChI is InChI=1S/C21H20FN5O2/c1-13-10-19(20(29)23-12-15-6-3-4-9-18(15)22)27-21(24-13)26-17-8-5-7-16(11-17)25-14(2)28/h3-11H,12H2,1-2H3,(H,23,29)(H,25,28)(H,24,26,27). The molecule has 2 aromatic carbocycles. The fourth-order valence-corrected chi connectivity index (χ4v) is 2.66. The third kappa shape index (κ3) is 5.58. The van der Waals surface area contributed by atoms with E-state index in [9.17, 15) is 14.0 Å². The molecule has 0 saturated heterocycles. The van der Waals surface area contributed by atoms with Crippen molar-refractivity contribution in [2.24, 2.45) is 0 Å². The van der Waals surface area contributed by atoms with Crippen molar-refractivity contribution in [2.45, 2.75) is 20.4 Å². The Hall–Kier alpha value is -3.81. The first-order valence-corrected chi connectivity index (χ1v) is 8.92. The highest BCUT2D eigenvalue weighted by molar-refractivity contribution is 5.92. The summed E-state index contributed by atoms with van der Waals surface area (Å²) in [6.07, 6.45) is 0. The molecule has 8 heteroatoms. The van der Waals surface area contributed by atoms with Gasteiger partial charge in [0.25, 0.3) is 5.91 Å². The first-order valence-electron chi connectivity index (χ1n) is 8.92. The summed E-state index contributed by atoms with van der Waals surface area (Å²) >= 11 is 0. The van der Waals surface area contributed by atoms with Gasteiger partial charge in [0, 0.05) is 36.1 Å². The molecule has 0 unspecified atom stereocenters. The molecule has 3 N–H and O–H groups in total. The summed E-state index contributed by atoms with van der Waals surface area (Å²) in [5.74, 6) is -0.759. The number of aromatic nitrogens is 2. The number of nitrogens with zero attached hydrogens (tertiary/aromatic N) is 2. The lowest BCUT2D eigenvalue weighted by atomic mass is 10.2. The Balaban J connectivity index is 1.73. The molecule has 0 atom stereocenters. The van der Waals surface area contributed by atoms with E-state index in [0.29, 0.717) is 22.6 Å². The van der Waals surface area contributed by atoms with E-state index >= 15 is 0 Å². The van der Waals surface area contributed by atoms with E-state index in [1.54, 1.807) is 55.5 Å². The van der Waals surface area contributed by atoms with E-state index in [-0.39, 0.29) is 29.9 Å². The number of rotatable bonds is 6. The van der Waals surface area contributed by atoms with Gasteiger partial charge in [0.05, 0.1) is 0 Å². The van der Waals surface area contributed by atoms with Crippen molar-refractivity contribution in [2.75, 3.05) is 10.6 Å². The van der Waals surface area contributed by atoms with Crippen molar-refractivity contribution in [1.82, 2.24) is 15.3 Å². The number of carbonyl (C=O) groups excluding carboxylic acids is 2. The van der Waals surface area contributed by atoms with Gasteiger partial charge in [-0.05, 0) is 37.3 Å². The summed E-state index contributed by atoms with van der Waals surface area (Å²) in [4.78, 5) is 32.2. The van der Waals surface area contributed by atoms with E-state index in [2.05, 4.69) is 25.9 Å². The van der Waals surface area contributed by atoms with Crippen LogP contribution < -0.4 is 16.0 Å². The molecule has 3 rings (SSSR count). The zero-order valence-electron chi connectivity index (χ0n) is 16.0. The molecule has 0 spiro atoms. The fraction of sp³-hybridized carbons (Fsp3) is 0.143. The lowest BCUT2D eigenvalue weighted by molar-refractivity contribution is -0.114. The number of hydrogen-bond donors (Lipinski definition) is 3. The van der Waals surface area contributed by atoms with Gasteiger partial charge < -0.3 is 16.0 Å². The van der Waals surface area contributed by atoms with Gasteiger partial charge in [0.2, 0.25) is 11.9 Å². The first-order chi connectivity index (χ1) is 13.9. The normalized spacial score (nSPS) is 10.3. The number of benzene rings is 2. The van der Waals surface area contributed by atoms with E-state index in [4.69, 9.17) is 0 Å². The Morgan fingerprint density at radius 3 is 2.52 bits per heavy atom. The summed E-state index contributed by atoms with van der Waals surface area (Å²) in [6.45, 7) is 3.22. The van der Waals surface area contributed by atoms with Crippen LogP contribution in [0.2, 0.25) is 0 Å². The smallest absolute Gasteiger partial charge is 0.270 e. The fourth-order valence-electron chi connectivity index (χ4n) is 2.66. The molecule has 148 valence electrons. The maximum absolute atomic E-state index is 13.7. The number of aryl methyl sites for hydroxylation is 1. The third-order valence-electron chi connectivity index (χ3n) is 3.92. The zero-order valence-corrected chi connectivity index (χ0v) is 16.0. The van der Waals surface area contributed by atoms with Gasteiger partial charge in [0.15, 0.2) is 0 Å². The van der Waals surface area contributed by atoms with Crippen molar-refractivity contribution < 1.29 is 14.0 Å². The van der Waals surface area contributed by atoms with Crippen molar-refractivity contribution in [3.8, 4) is 0 Å². The van der Waals surface area contributed by atoms with Gasteiger partial charge in [-0.25, -0.2) is 14.4 Å². The highest BCUT2D eigenvalue weighted by atomic mass is 19.1. The van der Waals surface area contributed by atoms with Crippen LogP contribution in [0.5, 0.6) is 0 Å². The number of amides is 2. The third-order valence-corrected chi connectivity index (χ3v) is 3.92. The average Bonchev–Trinajstić information content (AvgIpc) is 2.66. The molecule has 0 bridgehead atoms. The molecular weight excluding hydrogens is 373 g/mol. The minimum Gasteiger partial charge on any atom is -0.347 e. The molecule has 0 saturated carbocycles. The number of nitrogens with one attached hydrogen (secondary N) is 3. The topological polar surface area (TPSA) is 96.0 Å². The Bertz CT molecular complexity index is 1050. The van der Waals surface area contributed by atoms with Crippen LogP contribution in [0, 0.1) is 12.7 Å². The Kier molecular flexibility index (Phi) is 6.13. The highest BCUT2D eigenvalue weighted by Crippen LogP contribution is 2.18. The lowest BCUT2D eigenvalue weighted by Gasteiger charge is -2.10. The summed E-state index contributed by atoms with van der Waals surface area (Å²) in [5.41, 5.74) is 2.42.